The zero-order chi connectivity index (χ0) is 25.9. The van der Waals surface area contributed by atoms with Gasteiger partial charge in [0.15, 0.2) is 5.82 Å². The van der Waals surface area contributed by atoms with Crippen molar-refractivity contribution < 1.29 is 9.59 Å². The number of aryl methyl sites for hydroxylation is 2. The number of amides is 2. The van der Waals surface area contributed by atoms with Gasteiger partial charge in [-0.1, -0.05) is 39.0 Å². The molecule has 2 N–H and O–H groups in total. The summed E-state index contributed by atoms with van der Waals surface area (Å²) in [5, 5.41) is 10.4. The fourth-order valence-corrected chi connectivity index (χ4v) is 4.45. The third-order valence-electron chi connectivity index (χ3n) is 6.26. The average Bonchev–Trinajstić information content (AvgIpc) is 3.26. The van der Waals surface area contributed by atoms with Crippen LogP contribution in [-0.4, -0.2) is 56.5 Å². The smallest absolute Gasteiger partial charge is 0.242 e. The van der Waals surface area contributed by atoms with Crippen LogP contribution in [0.1, 0.15) is 56.7 Å². The van der Waals surface area contributed by atoms with Crippen molar-refractivity contribution in [2.45, 2.75) is 53.4 Å². The van der Waals surface area contributed by atoms with E-state index in [1.165, 1.54) is 0 Å². The normalized spacial score (nSPS) is 16.0. The molecule has 2 amide bonds. The Hall–Kier alpha value is -3.75. The lowest BCUT2D eigenvalue weighted by Gasteiger charge is -2.35. The van der Waals surface area contributed by atoms with Crippen molar-refractivity contribution in [3.8, 4) is 0 Å². The Labute approximate surface area is 212 Å². The highest BCUT2D eigenvalue weighted by molar-refractivity contribution is 6.01. The number of carbonyl (C=O) groups is 2. The second-order valence-electron chi connectivity index (χ2n) is 10.4. The molecule has 0 bridgehead atoms. The second kappa shape index (κ2) is 10.5. The number of aromatic nitrogens is 4. The standard InChI is InChI=1S/C27H35N7O2/c1-18-14-24(32-31-18)30-23-15-22(28-19(2)29-23)20-10-9-13-33(16-20)25(35)17-34(26(36)27(3,4)5)21-11-7-6-8-12-21/h6-8,11-12,14-15,20H,9-10,13,16-17H2,1-5H3,(H2,28,29,30,31,32). The van der Waals surface area contributed by atoms with Crippen LogP contribution >= 0.6 is 0 Å². The highest BCUT2D eigenvalue weighted by Crippen LogP contribution is 2.29. The summed E-state index contributed by atoms with van der Waals surface area (Å²) in [7, 11) is 0. The van der Waals surface area contributed by atoms with Crippen molar-refractivity contribution in [2.24, 2.45) is 5.41 Å². The molecule has 9 heteroatoms. The molecule has 0 saturated carbocycles. The first-order chi connectivity index (χ1) is 17.1. The number of benzene rings is 1. The molecule has 3 heterocycles. The summed E-state index contributed by atoms with van der Waals surface area (Å²) in [6.45, 7) is 10.7. The van der Waals surface area contributed by atoms with Crippen LogP contribution in [0, 0.1) is 19.3 Å². The highest BCUT2D eigenvalue weighted by atomic mass is 16.2. The van der Waals surface area contributed by atoms with Crippen molar-refractivity contribution >= 4 is 29.1 Å². The average molecular weight is 490 g/mol. The minimum absolute atomic E-state index is 0.0148. The largest absolute Gasteiger partial charge is 0.340 e. The maximum absolute atomic E-state index is 13.4. The number of hydrogen-bond donors (Lipinski definition) is 2. The summed E-state index contributed by atoms with van der Waals surface area (Å²) >= 11 is 0. The van der Waals surface area contributed by atoms with Gasteiger partial charge in [0.25, 0.3) is 0 Å². The zero-order valence-electron chi connectivity index (χ0n) is 21.7. The van der Waals surface area contributed by atoms with Gasteiger partial charge in [-0.05, 0) is 38.8 Å². The van der Waals surface area contributed by atoms with Gasteiger partial charge in [0.05, 0.1) is 5.69 Å². The van der Waals surface area contributed by atoms with E-state index in [9.17, 15) is 9.59 Å². The molecule has 1 aromatic carbocycles. The van der Waals surface area contributed by atoms with Crippen LogP contribution in [0.4, 0.5) is 17.3 Å². The number of carbonyl (C=O) groups excluding carboxylic acids is 2. The number of hydrogen-bond acceptors (Lipinski definition) is 6. The van der Waals surface area contributed by atoms with Gasteiger partial charge in [-0.15, -0.1) is 0 Å². The number of rotatable bonds is 6. The monoisotopic (exact) mass is 489 g/mol. The SMILES string of the molecule is Cc1nc(Nc2cc(C)[nH]n2)cc(C2CCCN(C(=O)CN(C(=O)C(C)(C)C)c3ccccc3)C2)n1. The third-order valence-corrected chi connectivity index (χ3v) is 6.26. The topological polar surface area (TPSA) is 107 Å². The number of nitrogens with zero attached hydrogens (tertiary/aromatic N) is 5. The Kier molecular flexibility index (Phi) is 7.37. The first-order valence-electron chi connectivity index (χ1n) is 12.4. The van der Waals surface area contributed by atoms with Crippen LogP contribution in [0.3, 0.4) is 0 Å². The first kappa shape index (κ1) is 25.3. The summed E-state index contributed by atoms with van der Waals surface area (Å²) in [6.07, 6.45) is 1.81. The molecular weight excluding hydrogens is 454 g/mol. The van der Waals surface area contributed by atoms with Gasteiger partial charge in [0, 0.05) is 47.9 Å². The molecule has 1 atom stereocenters. The van der Waals surface area contributed by atoms with E-state index in [0.29, 0.717) is 30.5 Å². The van der Waals surface area contributed by atoms with E-state index in [1.54, 1.807) is 4.90 Å². The molecule has 1 aliphatic heterocycles. The van der Waals surface area contributed by atoms with E-state index in [0.717, 1.165) is 29.9 Å². The molecule has 9 nitrogen and oxygen atoms in total. The Morgan fingerprint density at radius 1 is 1.11 bits per heavy atom. The van der Waals surface area contributed by atoms with E-state index in [-0.39, 0.29) is 24.3 Å². The van der Waals surface area contributed by atoms with Crippen LogP contribution in [0.15, 0.2) is 42.5 Å². The maximum atomic E-state index is 13.4. The fraction of sp³-hybridized carbons (Fsp3) is 0.444. The van der Waals surface area contributed by atoms with Gasteiger partial charge >= 0.3 is 0 Å². The molecule has 1 fully saturated rings. The van der Waals surface area contributed by atoms with Crippen molar-refractivity contribution in [2.75, 3.05) is 29.9 Å². The summed E-state index contributed by atoms with van der Waals surface area (Å²) in [6, 6.07) is 13.3. The van der Waals surface area contributed by atoms with Crippen LogP contribution in [0.5, 0.6) is 0 Å². The molecule has 1 saturated heterocycles. The van der Waals surface area contributed by atoms with Crippen molar-refractivity contribution in [1.82, 2.24) is 25.1 Å². The molecule has 0 radical (unpaired) electrons. The number of H-pyrrole nitrogens is 1. The number of anilines is 3. The number of piperidine rings is 1. The van der Waals surface area contributed by atoms with Gasteiger partial charge in [-0.25, -0.2) is 9.97 Å². The first-order valence-corrected chi connectivity index (χ1v) is 12.4. The van der Waals surface area contributed by atoms with Gasteiger partial charge in [0.1, 0.15) is 18.2 Å². The van der Waals surface area contributed by atoms with E-state index >= 15 is 0 Å². The molecule has 4 rings (SSSR count). The predicted octanol–water partition coefficient (Wildman–Crippen LogP) is 4.35. The lowest BCUT2D eigenvalue weighted by Crippen LogP contribution is -2.48. The van der Waals surface area contributed by atoms with E-state index in [2.05, 4.69) is 25.5 Å². The summed E-state index contributed by atoms with van der Waals surface area (Å²) in [5.41, 5.74) is 1.99. The molecule has 2 aromatic heterocycles. The highest BCUT2D eigenvalue weighted by Gasteiger charge is 2.32. The third kappa shape index (κ3) is 6.08. The van der Waals surface area contributed by atoms with Crippen molar-refractivity contribution in [1.29, 1.82) is 0 Å². The molecule has 1 unspecified atom stereocenters. The molecule has 3 aromatic rings. The molecule has 1 aliphatic rings. The zero-order valence-corrected chi connectivity index (χ0v) is 21.7. The number of nitrogens with one attached hydrogen (secondary N) is 2. The van der Waals surface area contributed by atoms with Crippen molar-refractivity contribution in [3.63, 3.8) is 0 Å². The van der Waals surface area contributed by atoms with Crippen LogP contribution in [0.25, 0.3) is 0 Å². The quantitative estimate of drug-likeness (QED) is 0.533. The maximum Gasteiger partial charge on any atom is 0.242 e. The Bertz CT molecular complexity index is 1220. The van der Waals surface area contributed by atoms with Crippen LogP contribution < -0.4 is 10.2 Å². The van der Waals surface area contributed by atoms with Gasteiger partial charge in [-0.2, -0.15) is 5.10 Å². The molecule has 36 heavy (non-hydrogen) atoms. The summed E-state index contributed by atoms with van der Waals surface area (Å²) in [5.74, 6) is 2.00. The molecule has 0 aliphatic carbocycles. The lowest BCUT2D eigenvalue weighted by molar-refractivity contribution is -0.134. The Balaban J connectivity index is 1.49. The Morgan fingerprint density at radius 3 is 2.53 bits per heavy atom. The lowest BCUT2D eigenvalue weighted by atomic mass is 9.93. The number of aromatic amines is 1. The summed E-state index contributed by atoms with van der Waals surface area (Å²) in [4.78, 5) is 39.3. The molecule has 0 spiro atoms. The van der Waals surface area contributed by atoms with Gasteiger partial charge in [0.2, 0.25) is 11.8 Å². The van der Waals surface area contributed by atoms with Crippen LogP contribution in [0.2, 0.25) is 0 Å². The van der Waals surface area contributed by atoms with Gasteiger partial charge in [-0.3, -0.25) is 14.7 Å². The Morgan fingerprint density at radius 2 is 1.86 bits per heavy atom. The molecule has 190 valence electrons. The minimum atomic E-state index is -0.602. The van der Waals surface area contributed by atoms with E-state index in [4.69, 9.17) is 0 Å². The fourth-order valence-electron chi connectivity index (χ4n) is 4.45. The van der Waals surface area contributed by atoms with Crippen molar-refractivity contribution in [3.05, 3.63) is 59.7 Å². The minimum Gasteiger partial charge on any atom is -0.340 e. The predicted molar refractivity (Wildman–Crippen MR) is 140 cm³/mol. The number of likely N-dealkylation sites (tertiary alicyclic amines) is 1. The van der Waals surface area contributed by atoms with E-state index < -0.39 is 5.41 Å². The number of para-hydroxylation sites is 1. The van der Waals surface area contributed by atoms with Crippen LogP contribution in [-0.2, 0) is 9.59 Å². The van der Waals surface area contributed by atoms with E-state index in [1.807, 2.05) is 82.0 Å². The summed E-state index contributed by atoms with van der Waals surface area (Å²) < 4.78 is 0. The molecular formula is C27H35N7O2. The van der Waals surface area contributed by atoms with Gasteiger partial charge < -0.3 is 15.1 Å². The second-order valence-corrected chi connectivity index (χ2v) is 10.4.